The van der Waals surface area contributed by atoms with Crippen LogP contribution in [-0.4, -0.2) is 0 Å². The quantitative estimate of drug-likeness (QED) is 0.653. The van der Waals surface area contributed by atoms with E-state index in [1.54, 1.807) is 24.3 Å². The fraction of sp³-hybridized carbons (Fsp3) is 0.0769. The van der Waals surface area contributed by atoms with Crippen molar-refractivity contribution in [3.8, 4) is 0 Å². The van der Waals surface area contributed by atoms with Crippen LogP contribution in [0, 0.1) is 0 Å². The zero-order valence-corrected chi connectivity index (χ0v) is 8.10. The largest absolute Gasteiger partial charge is 0.113 e. The molecular weight excluding hydrogens is 192 g/mol. The van der Waals surface area contributed by atoms with Crippen molar-refractivity contribution in [2.75, 3.05) is 0 Å². The van der Waals surface area contributed by atoms with Crippen LogP contribution in [0.15, 0.2) is 60.5 Å². The van der Waals surface area contributed by atoms with Gasteiger partial charge in [-0.15, -0.1) is 11.6 Å². The summed E-state index contributed by atoms with van der Waals surface area (Å²) in [5, 5.41) is -0.769. The maximum Gasteiger partial charge on any atom is 0.0835 e. The van der Waals surface area contributed by atoms with E-state index in [0.29, 0.717) is 5.56 Å². The number of alkyl halides is 1. The average molecular weight is 208 g/mol. The molecule has 2 aromatic rings. The van der Waals surface area contributed by atoms with Crippen LogP contribution in [0.5, 0.6) is 0 Å². The Balaban J connectivity index is 2.64. The fourth-order valence-electron chi connectivity index (χ4n) is 1.18. The minimum atomic E-state index is -0.769. The van der Waals surface area contributed by atoms with Crippen molar-refractivity contribution in [3.05, 3.63) is 71.7 Å². The second kappa shape index (κ2) is 4.30. The van der Waals surface area contributed by atoms with Gasteiger partial charge in [-0.25, -0.2) is 0 Å². The molecule has 0 N–H and O–H groups in total. The van der Waals surface area contributed by atoms with Crippen molar-refractivity contribution in [1.29, 1.82) is 0 Å². The fourth-order valence-corrected chi connectivity index (χ4v) is 1.43. The van der Waals surface area contributed by atoms with E-state index in [9.17, 15) is 0 Å². The summed E-state index contributed by atoms with van der Waals surface area (Å²) in [6, 6.07) is 7.29. The smallest absolute Gasteiger partial charge is 0.0835 e. The van der Waals surface area contributed by atoms with Gasteiger partial charge in [0, 0.05) is 0 Å². The Morgan fingerprint density at radius 3 is 2.21 bits per heavy atom. The first kappa shape index (κ1) is 4.99. The second-order valence-electron chi connectivity index (χ2n) is 2.81. The summed E-state index contributed by atoms with van der Waals surface area (Å²) in [6.07, 6.45) is 0. The van der Waals surface area contributed by atoms with Gasteiger partial charge in [0.1, 0.15) is 0 Å². The third-order valence-electron chi connectivity index (χ3n) is 1.87. The Labute approximate surface area is 96.2 Å². The minimum Gasteiger partial charge on any atom is -0.113 e. The van der Waals surface area contributed by atoms with Crippen LogP contribution in [0.1, 0.15) is 23.4 Å². The summed E-state index contributed by atoms with van der Waals surface area (Å²) in [6.45, 7) is 0. The van der Waals surface area contributed by atoms with Gasteiger partial charge in [-0.1, -0.05) is 60.5 Å². The molecule has 0 aliphatic heterocycles. The van der Waals surface area contributed by atoms with E-state index in [0.717, 1.165) is 0 Å². The highest BCUT2D eigenvalue weighted by molar-refractivity contribution is 6.22. The van der Waals surface area contributed by atoms with Crippen molar-refractivity contribution in [3.63, 3.8) is 0 Å². The van der Waals surface area contributed by atoms with Crippen molar-refractivity contribution in [1.82, 2.24) is 0 Å². The van der Waals surface area contributed by atoms with E-state index in [1.165, 1.54) is 0 Å². The molecule has 1 heteroatoms. The van der Waals surface area contributed by atoms with Crippen molar-refractivity contribution < 1.29 is 6.85 Å². The standard InChI is InChI=1S/C13H11Cl/c14-13(11-7-3-1-4-8-11)12-9-5-2-6-10-12/h1-10,13H/i1D,3D,4D,7D,8D. The van der Waals surface area contributed by atoms with Crippen molar-refractivity contribution in [2.45, 2.75) is 5.38 Å². The van der Waals surface area contributed by atoms with E-state index in [2.05, 4.69) is 0 Å². The van der Waals surface area contributed by atoms with Crippen LogP contribution < -0.4 is 0 Å². The molecular formula is C13H11Cl. The Bertz CT molecular complexity index is 583. The van der Waals surface area contributed by atoms with Crippen LogP contribution in [0.3, 0.4) is 0 Å². The summed E-state index contributed by atoms with van der Waals surface area (Å²) in [7, 11) is 0. The van der Waals surface area contributed by atoms with Gasteiger partial charge in [0.2, 0.25) is 0 Å². The molecule has 1 atom stereocenters. The van der Waals surface area contributed by atoms with Gasteiger partial charge in [-0.05, 0) is 11.1 Å². The second-order valence-corrected chi connectivity index (χ2v) is 3.25. The van der Waals surface area contributed by atoms with E-state index in [4.69, 9.17) is 18.5 Å². The van der Waals surface area contributed by atoms with Gasteiger partial charge in [-0.3, -0.25) is 0 Å². The predicted octanol–water partition coefficient (Wildman–Crippen LogP) is 4.01. The van der Waals surface area contributed by atoms with Crippen LogP contribution in [0.25, 0.3) is 0 Å². The number of hydrogen-bond donors (Lipinski definition) is 0. The molecule has 70 valence electrons. The Hall–Kier alpha value is -1.27. The lowest BCUT2D eigenvalue weighted by atomic mass is 10.0. The average Bonchev–Trinajstić information content (AvgIpc) is 2.44. The maximum absolute atomic E-state index is 7.86. The predicted molar refractivity (Wildman–Crippen MR) is 60.6 cm³/mol. The van der Waals surface area contributed by atoms with Gasteiger partial charge < -0.3 is 0 Å². The van der Waals surface area contributed by atoms with Crippen molar-refractivity contribution >= 4 is 11.6 Å². The summed E-state index contributed by atoms with van der Waals surface area (Å²) < 4.78 is 38.5. The Morgan fingerprint density at radius 1 is 0.929 bits per heavy atom. The molecule has 2 rings (SSSR count). The molecule has 0 saturated heterocycles. The highest BCUT2D eigenvalue weighted by atomic mass is 35.5. The first-order chi connectivity index (χ1) is 8.95. The molecule has 0 saturated carbocycles. The van der Waals surface area contributed by atoms with Gasteiger partial charge >= 0.3 is 0 Å². The highest BCUT2D eigenvalue weighted by Gasteiger charge is 2.08. The summed E-state index contributed by atoms with van der Waals surface area (Å²) in [5.41, 5.74) is 0.807. The molecule has 0 spiro atoms. The zero-order valence-electron chi connectivity index (χ0n) is 12.3. The molecule has 0 bridgehead atoms. The van der Waals surface area contributed by atoms with E-state index < -0.39 is 11.4 Å². The van der Waals surface area contributed by atoms with Gasteiger partial charge in [0.25, 0.3) is 0 Å². The molecule has 2 aromatic carbocycles. The summed E-state index contributed by atoms with van der Waals surface area (Å²) in [4.78, 5) is 0. The first-order valence-corrected chi connectivity index (χ1v) is 4.64. The van der Waals surface area contributed by atoms with Gasteiger partial charge in [0.15, 0.2) is 0 Å². The van der Waals surface area contributed by atoms with E-state index >= 15 is 0 Å². The molecule has 0 fully saturated rings. The molecule has 0 nitrogen and oxygen atoms in total. The molecule has 0 aliphatic carbocycles. The molecule has 0 radical (unpaired) electrons. The first-order valence-electron chi connectivity index (χ1n) is 6.71. The normalized spacial score (nSPS) is 17.4. The molecule has 0 amide bonds. The summed E-state index contributed by atoms with van der Waals surface area (Å²) >= 11 is 6.27. The van der Waals surface area contributed by atoms with Gasteiger partial charge in [0.05, 0.1) is 12.2 Å². The van der Waals surface area contributed by atoms with Crippen LogP contribution in [-0.2, 0) is 0 Å². The van der Waals surface area contributed by atoms with Gasteiger partial charge in [-0.2, -0.15) is 0 Å². The summed E-state index contributed by atoms with van der Waals surface area (Å²) in [5.74, 6) is 0. The maximum atomic E-state index is 7.86. The lowest BCUT2D eigenvalue weighted by Gasteiger charge is -2.09. The third-order valence-corrected chi connectivity index (χ3v) is 2.34. The van der Waals surface area contributed by atoms with Crippen LogP contribution in [0.4, 0.5) is 0 Å². The topological polar surface area (TPSA) is 0 Å². The van der Waals surface area contributed by atoms with E-state index in [1.807, 2.05) is 6.07 Å². The van der Waals surface area contributed by atoms with Crippen molar-refractivity contribution in [2.24, 2.45) is 0 Å². The Morgan fingerprint density at radius 2 is 1.57 bits per heavy atom. The zero-order chi connectivity index (χ0) is 14.2. The molecule has 1 unspecified atom stereocenters. The van der Waals surface area contributed by atoms with Crippen LogP contribution >= 0.6 is 11.6 Å². The van der Waals surface area contributed by atoms with Crippen LogP contribution in [0.2, 0.25) is 0 Å². The lowest BCUT2D eigenvalue weighted by molar-refractivity contribution is 1.14. The SMILES string of the molecule is [2H]c1c([2H])c([2H])c(C(Cl)c2ccccc2)c([2H])c1[2H]. The minimum absolute atomic E-state index is 0.110. The molecule has 0 heterocycles. The molecule has 0 aromatic heterocycles. The number of halogens is 1. The molecule has 0 aliphatic rings. The number of hydrogen-bond acceptors (Lipinski definition) is 0. The molecule has 14 heavy (non-hydrogen) atoms. The monoisotopic (exact) mass is 207 g/mol. The number of benzene rings is 2. The van der Waals surface area contributed by atoms with E-state index in [-0.39, 0.29) is 29.7 Å². The highest BCUT2D eigenvalue weighted by Crippen LogP contribution is 2.27. The number of rotatable bonds is 2. The lowest BCUT2D eigenvalue weighted by Crippen LogP contribution is -1.91. The Kier molecular flexibility index (Phi) is 1.53. The third kappa shape index (κ3) is 1.97.